The second kappa shape index (κ2) is 7.05. The Labute approximate surface area is 156 Å². The second-order valence-electron chi connectivity index (χ2n) is 6.30. The van der Waals surface area contributed by atoms with E-state index in [1.54, 1.807) is 12.1 Å². The molecule has 3 aromatic rings. The summed E-state index contributed by atoms with van der Waals surface area (Å²) in [5.74, 6) is 0.750. The first-order valence-corrected chi connectivity index (χ1v) is 8.70. The van der Waals surface area contributed by atoms with Crippen molar-refractivity contribution in [3.8, 4) is 16.9 Å². The first-order chi connectivity index (χ1) is 13.2. The summed E-state index contributed by atoms with van der Waals surface area (Å²) in [4.78, 5) is 10.9. The molecule has 0 aliphatic heterocycles. The molecule has 134 valence electrons. The molecule has 0 aromatic heterocycles. The number of fused-ring (bicyclic) bond motifs is 3. The molecule has 0 atom stereocenters. The first kappa shape index (κ1) is 17.0. The number of ether oxygens (including phenoxy) is 1. The van der Waals surface area contributed by atoms with Gasteiger partial charge in [0.05, 0.1) is 4.92 Å². The molecule has 2 N–H and O–H groups in total. The molecular weight excluding hydrogens is 340 g/mol. The minimum Gasteiger partial charge on any atom is -0.492 e. The third kappa shape index (κ3) is 3.20. The van der Waals surface area contributed by atoms with Crippen molar-refractivity contribution < 1.29 is 9.66 Å². The summed E-state index contributed by atoms with van der Waals surface area (Å²) in [6.07, 6.45) is 2.05. The standard InChI is InChI=1S/C22H18N2O3/c23-10-11-27-17-5-3-4-15(12-17)13-21-19-7-2-1-6-18(19)20-9-8-16(24(25)26)14-22(20)21/h1-9,12-14H,10-11,23H2/b21-13+. The Kier molecular flexibility index (Phi) is 4.44. The minimum atomic E-state index is -0.359. The van der Waals surface area contributed by atoms with Gasteiger partial charge in [0.1, 0.15) is 12.4 Å². The largest absolute Gasteiger partial charge is 0.492 e. The first-order valence-electron chi connectivity index (χ1n) is 8.70. The summed E-state index contributed by atoms with van der Waals surface area (Å²) in [6.45, 7) is 0.910. The van der Waals surface area contributed by atoms with Gasteiger partial charge < -0.3 is 10.5 Å². The van der Waals surface area contributed by atoms with Gasteiger partial charge in [-0.15, -0.1) is 0 Å². The molecule has 4 rings (SSSR count). The number of hydrogen-bond donors (Lipinski definition) is 1. The highest BCUT2D eigenvalue weighted by Gasteiger charge is 2.25. The number of rotatable bonds is 5. The summed E-state index contributed by atoms with van der Waals surface area (Å²) >= 11 is 0. The molecule has 0 heterocycles. The highest BCUT2D eigenvalue weighted by atomic mass is 16.6. The lowest BCUT2D eigenvalue weighted by molar-refractivity contribution is -0.384. The zero-order valence-electron chi connectivity index (χ0n) is 14.6. The molecule has 0 saturated carbocycles. The third-order valence-corrected chi connectivity index (χ3v) is 4.57. The number of non-ortho nitro benzene ring substituents is 1. The Morgan fingerprint density at radius 2 is 1.70 bits per heavy atom. The van der Waals surface area contributed by atoms with Crippen molar-refractivity contribution in [2.75, 3.05) is 13.2 Å². The minimum absolute atomic E-state index is 0.0903. The highest BCUT2D eigenvalue weighted by molar-refractivity contribution is 6.07. The van der Waals surface area contributed by atoms with E-state index in [0.29, 0.717) is 13.2 Å². The van der Waals surface area contributed by atoms with E-state index in [4.69, 9.17) is 10.5 Å². The maximum Gasteiger partial charge on any atom is 0.270 e. The molecule has 5 nitrogen and oxygen atoms in total. The van der Waals surface area contributed by atoms with Gasteiger partial charge in [-0.05, 0) is 57.7 Å². The van der Waals surface area contributed by atoms with E-state index in [9.17, 15) is 10.1 Å². The number of hydrogen-bond acceptors (Lipinski definition) is 4. The molecule has 0 fully saturated rings. The Balaban J connectivity index is 1.84. The van der Waals surface area contributed by atoms with Gasteiger partial charge in [0.25, 0.3) is 5.69 Å². The molecule has 3 aromatic carbocycles. The van der Waals surface area contributed by atoms with Crippen LogP contribution < -0.4 is 10.5 Å². The maximum atomic E-state index is 11.2. The third-order valence-electron chi connectivity index (χ3n) is 4.57. The van der Waals surface area contributed by atoms with Crippen LogP contribution in [0.1, 0.15) is 16.7 Å². The van der Waals surface area contributed by atoms with Crippen LogP contribution in [0.25, 0.3) is 22.8 Å². The summed E-state index contributed by atoms with van der Waals surface area (Å²) in [5, 5.41) is 11.2. The highest BCUT2D eigenvalue weighted by Crippen LogP contribution is 2.46. The Hall–Kier alpha value is -3.44. The van der Waals surface area contributed by atoms with Gasteiger partial charge in [-0.2, -0.15) is 0 Å². The molecular formula is C22H18N2O3. The summed E-state index contributed by atoms with van der Waals surface area (Å²) < 4.78 is 5.61. The van der Waals surface area contributed by atoms with Crippen LogP contribution in [0.5, 0.6) is 5.75 Å². The number of nitro groups is 1. The second-order valence-corrected chi connectivity index (χ2v) is 6.30. The molecule has 0 bridgehead atoms. The van der Waals surface area contributed by atoms with E-state index in [1.807, 2.05) is 60.7 Å². The van der Waals surface area contributed by atoms with Crippen LogP contribution in [0.15, 0.2) is 66.7 Å². The fraction of sp³-hybridized carbons (Fsp3) is 0.0909. The van der Waals surface area contributed by atoms with E-state index >= 15 is 0 Å². The van der Waals surface area contributed by atoms with Crippen LogP contribution in [0.4, 0.5) is 5.69 Å². The van der Waals surface area contributed by atoms with E-state index in [-0.39, 0.29) is 10.6 Å². The van der Waals surface area contributed by atoms with Crippen LogP contribution in [0.2, 0.25) is 0 Å². The van der Waals surface area contributed by atoms with E-state index in [1.165, 1.54) is 0 Å². The van der Waals surface area contributed by atoms with E-state index < -0.39 is 0 Å². The monoisotopic (exact) mass is 358 g/mol. The predicted molar refractivity (Wildman–Crippen MR) is 106 cm³/mol. The molecule has 27 heavy (non-hydrogen) atoms. The van der Waals surface area contributed by atoms with Gasteiger partial charge in [-0.1, -0.05) is 36.4 Å². The fourth-order valence-electron chi connectivity index (χ4n) is 3.39. The average Bonchev–Trinajstić information content (AvgIpc) is 3.00. The maximum absolute atomic E-state index is 11.2. The van der Waals surface area contributed by atoms with Crippen molar-refractivity contribution in [1.29, 1.82) is 0 Å². The SMILES string of the molecule is NCCOc1cccc(/C=C2\c3ccccc3-c3ccc([N+](=O)[O-])cc32)c1. The van der Waals surface area contributed by atoms with Crippen LogP contribution >= 0.6 is 0 Å². The summed E-state index contributed by atoms with van der Waals surface area (Å²) in [5.41, 5.74) is 11.6. The molecule has 1 aliphatic carbocycles. The van der Waals surface area contributed by atoms with Gasteiger partial charge in [-0.25, -0.2) is 0 Å². The number of nitro benzene ring substituents is 1. The zero-order valence-corrected chi connectivity index (χ0v) is 14.6. The molecule has 0 spiro atoms. The Morgan fingerprint density at radius 1 is 0.926 bits per heavy atom. The number of nitrogens with zero attached hydrogens (tertiary/aromatic N) is 1. The van der Waals surface area contributed by atoms with Crippen LogP contribution in [0.3, 0.4) is 0 Å². The van der Waals surface area contributed by atoms with Crippen molar-refractivity contribution in [2.24, 2.45) is 5.73 Å². The van der Waals surface area contributed by atoms with Crippen molar-refractivity contribution in [1.82, 2.24) is 0 Å². The normalized spacial score (nSPS) is 13.3. The smallest absolute Gasteiger partial charge is 0.270 e. The quantitative estimate of drug-likeness (QED) is 0.421. The van der Waals surface area contributed by atoms with Crippen LogP contribution in [-0.2, 0) is 0 Å². The van der Waals surface area contributed by atoms with Crippen molar-refractivity contribution in [3.63, 3.8) is 0 Å². The molecule has 0 saturated heterocycles. The van der Waals surface area contributed by atoms with E-state index in [2.05, 4.69) is 0 Å². The number of nitrogens with two attached hydrogens (primary N) is 1. The molecule has 1 aliphatic rings. The molecule has 0 unspecified atom stereocenters. The Bertz CT molecular complexity index is 1060. The Morgan fingerprint density at radius 3 is 2.48 bits per heavy atom. The summed E-state index contributed by atoms with van der Waals surface area (Å²) in [6, 6.07) is 20.8. The van der Waals surface area contributed by atoms with Gasteiger partial charge in [-0.3, -0.25) is 10.1 Å². The molecule has 0 radical (unpaired) electrons. The lowest BCUT2D eigenvalue weighted by atomic mass is 10.0. The van der Waals surface area contributed by atoms with Crippen LogP contribution in [-0.4, -0.2) is 18.1 Å². The van der Waals surface area contributed by atoms with Crippen LogP contribution in [0, 0.1) is 10.1 Å². The predicted octanol–water partition coefficient (Wildman–Crippen LogP) is 4.50. The van der Waals surface area contributed by atoms with Gasteiger partial charge >= 0.3 is 0 Å². The van der Waals surface area contributed by atoms with Crippen molar-refractivity contribution in [2.45, 2.75) is 0 Å². The van der Waals surface area contributed by atoms with Gasteiger partial charge in [0, 0.05) is 18.7 Å². The lowest BCUT2D eigenvalue weighted by Gasteiger charge is -2.07. The topological polar surface area (TPSA) is 78.4 Å². The number of benzene rings is 3. The van der Waals surface area contributed by atoms with Crippen molar-refractivity contribution >= 4 is 17.3 Å². The average molecular weight is 358 g/mol. The van der Waals surface area contributed by atoms with Gasteiger partial charge in [0.15, 0.2) is 0 Å². The van der Waals surface area contributed by atoms with Gasteiger partial charge in [0.2, 0.25) is 0 Å². The lowest BCUT2D eigenvalue weighted by Crippen LogP contribution is -2.10. The zero-order chi connectivity index (χ0) is 18.8. The van der Waals surface area contributed by atoms with E-state index in [0.717, 1.165) is 39.1 Å². The molecule has 0 amide bonds. The fourth-order valence-corrected chi connectivity index (χ4v) is 3.39. The summed E-state index contributed by atoms with van der Waals surface area (Å²) in [7, 11) is 0. The molecule has 5 heteroatoms. The van der Waals surface area contributed by atoms with Crippen molar-refractivity contribution in [3.05, 3.63) is 93.5 Å².